The Morgan fingerprint density at radius 3 is 2.62 bits per heavy atom. The van der Waals surface area contributed by atoms with Crippen LogP contribution in [0.5, 0.6) is 0 Å². The van der Waals surface area contributed by atoms with E-state index in [2.05, 4.69) is 20.7 Å². The van der Waals surface area contributed by atoms with Crippen LogP contribution in [0.25, 0.3) is 0 Å². The standard InChI is InChI=1S/C15H22BrNO3S/c1-11-8-13(10-18)9-14(15(11)16)21(19,20)17-7-6-12-4-2-3-5-12/h8-9,12,17-18H,2-7,10H2,1H3. The quantitative estimate of drug-likeness (QED) is 0.802. The lowest BCUT2D eigenvalue weighted by molar-refractivity contribution is 0.281. The summed E-state index contributed by atoms with van der Waals surface area (Å²) in [6.45, 7) is 2.13. The number of nitrogens with one attached hydrogen (secondary N) is 1. The van der Waals surface area contributed by atoms with E-state index in [0.717, 1.165) is 12.0 Å². The van der Waals surface area contributed by atoms with Gasteiger partial charge in [-0.25, -0.2) is 13.1 Å². The van der Waals surface area contributed by atoms with E-state index < -0.39 is 10.0 Å². The second kappa shape index (κ2) is 7.22. The van der Waals surface area contributed by atoms with E-state index in [1.165, 1.54) is 31.7 Å². The smallest absolute Gasteiger partial charge is 0.241 e. The van der Waals surface area contributed by atoms with E-state index in [4.69, 9.17) is 0 Å². The van der Waals surface area contributed by atoms with Crippen molar-refractivity contribution in [2.75, 3.05) is 6.54 Å². The molecule has 0 bridgehead atoms. The second-order valence-corrected chi connectivity index (χ2v) is 8.25. The molecule has 1 aromatic rings. The summed E-state index contributed by atoms with van der Waals surface area (Å²) in [5, 5.41) is 9.23. The van der Waals surface area contributed by atoms with Crippen LogP contribution in [0.15, 0.2) is 21.5 Å². The molecule has 0 saturated heterocycles. The van der Waals surface area contributed by atoms with Gasteiger partial charge in [0.2, 0.25) is 10.0 Å². The summed E-state index contributed by atoms with van der Waals surface area (Å²) >= 11 is 3.34. The molecule has 0 heterocycles. The fraction of sp³-hybridized carbons (Fsp3) is 0.600. The van der Waals surface area contributed by atoms with Crippen LogP contribution in [0.4, 0.5) is 0 Å². The van der Waals surface area contributed by atoms with E-state index in [-0.39, 0.29) is 11.5 Å². The molecule has 1 aliphatic rings. The Kier molecular flexibility index (Phi) is 5.82. The molecule has 0 spiro atoms. The summed E-state index contributed by atoms with van der Waals surface area (Å²) in [6.07, 6.45) is 5.85. The molecule has 0 radical (unpaired) electrons. The Morgan fingerprint density at radius 1 is 1.33 bits per heavy atom. The summed E-state index contributed by atoms with van der Waals surface area (Å²) in [5.74, 6) is 0.654. The molecule has 1 fully saturated rings. The van der Waals surface area contributed by atoms with Crippen molar-refractivity contribution < 1.29 is 13.5 Å². The van der Waals surface area contributed by atoms with Gasteiger partial charge < -0.3 is 5.11 Å². The van der Waals surface area contributed by atoms with Crippen molar-refractivity contribution in [3.05, 3.63) is 27.7 Å². The minimum atomic E-state index is -3.55. The average molecular weight is 376 g/mol. The Balaban J connectivity index is 2.09. The molecule has 2 rings (SSSR count). The van der Waals surface area contributed by atoms with Crippen LogP contribution in [0.1, 0.15) is 43.2 Å². The Labute approximate surface area is 135 Å². The van der Waals surface area contributed by atoms with E-state index in [1.54, 1.807) is 6.07 Å². The predicted molar refractivity (Wildman–Crippen MR) is 86.6 cm³/mol. The Morgan fingerprint density at radius 2 is 2.00 bits per heavy atom. The Hall–Kier alpha value is -0.430. The maximum atomic E-state index is 12.4. The molecule has 1 aromatic carbocycles. The van der Waals surface area contributed by atoms with Crippen LogP contribution in [-0.4, -0.2) is 20.1 Å². The largest absolute Gasteiger partial charge is 0.392 e. The van der Waals surface area contributed by atoms with Crippen LogP contribution < -0.4 is 4.72 Å². The maximum absolute atomic E-state index is 12.4. The lowest BCUT2D eigenvalue weighted by Gasteiger charge is -2.13. The number of rotatable bonds is 6. The van der Waals surface area contributed by atoms with Crippen molar-refractivity contribution >= 4 is 26.0 Å². The van der Waals surface area contributed by atoms with Gasteiger partial charge in [0.1, 0.15) is 0 Å². The van der Waals surface area contributed by atoms with Gasteiger partial charge in [0.25, 0.3) is 0 Å². The first-order chi connectivity index (χ1) is 9.94. The maximum Gasteiger partial charge on any atom is 0.241 e. The monoisotopic (exact) mass is 375 g/mol. The summed E-state index contributed by atoms with van der Waals surface area (Å²) in [4.78, 5) is 0.206. The van der Waals surface area contributed by atoms with Gasteiger partial charge in [-0.05, 0) is 52.4 Å². The second-order valence-electron chi connectivity index (χ2n) is 5.72. The van der Waals surface area contributed by atoms with E-state index in [9.17, 15) is 13.5 Å². The minimum absolute atomic E-state index is 0.168. The topological polar surface area (TPSA) is 66.4 Å². The van der Waals surface area contributed by atoms with Gasteiger partial charge >= 0.3 is 0 Å². The van der Waals surface area contributed by atoms with Crippen LogP contribution in [0.3, 0.4) is 0 Å². The van der Waals surface area contributed by atoms with Crippen molar-refractivity contribution in [3.63, 3.8) is 0 Å². The van der Waals surface area contributed by atoms with Crippen LogP contribution in [-0.2, 0) is 16.6 Å². The third-order valence-corrected chi connectivity index (χ3v) is 6.87. The van der Waals surface area contributed by atoms with E-state index >= 15 is 0 Å². The van der Waals surface area contributed by atoms with Gasteiger partial charge in [-0.1, -0.05) is 31.7 Å². The predicted octanol–water partition coefficient (Wildman–Crippen LogP) is 3.11. The number of aliphatic hydroxyl groups excluding tert-OH is 1. The van der Waals surface area contributed by atoms with Crippen molar-refractivity contribution in [1.29, 1.82) is 0 Å². The summed E-state index contributed by atoms with van der Waals surface area (Å²) in [7, 11) is -3.55. The number of benzene rings is 1. The van der Waals surface area contributed by atoms with Crippen molar-refractivity contribution in [2.45, 2.75) is 50.5 Å². The molecule has 0 aliphatic heterocycles. The molecule has 0 atom stereocenters. The van der Waals surface area contributed by atoms with E-state index in [0.29, 0.717) is 22.5 Å². The van der Waals surface area contributed by atoms with Crippen LogP contribution >= 0.6 is 15.9 Å². The summed E-state index contributed by atoms with van der Waals surface area (Å²) < 4.78 is 28.1. The SMILES string of the molecule is Cc1cc(CO)cc(S(=O)(=O)NCCC2CCCC2)c1Br. The van der Waals surface area contributed by atoms with Crippen LogP contribution in [0.2, 0.25) is 0 Å². The first kappa shape index (κ1) is 16.9. The number of aliphatic hydroxyl groups is 1. The molecule has 0 amide bonds. The van der Waals surface area contributed by atoms with Gasteiger partial charge in [-0.15, -0.1) is 0 Å². The third-order valence-electron chi connectivity index (χ3n) is 4.07. The number of hydrogen-bond donors (Lipinski definition) is 2. The number of hydrogen-bond acceptors (Lipinski definition) is 3. The molecule has 6 heteroatoms. The van der Waals surface area contributed by atoms with Crippen molar-refractivity contribution in [3.8, 4) is 0 Å². The minimum Gasteiger partial charge on any atom is -0.392 e. The van der Waals surface area contributed by atoms with Gasteiger partial charge in [-0.3, -0.25) is 0 Å². The first-order valence-electron chi connectivity index (χ1n) is 7.33. The molecule has 1 aliphatic carbocycles. The van der Waals surface area contributed by atoms with E-state index in [1.807, 2.05) is 6.92 Å². The summed E-state index contributed by atoms with van der Waals surface area (Å²) in [6, 6.07) is 3.30. The van der Waals surface area contributed by atoms with Gasteiger partial charge in [0, 0.05) is 11.0 Å². The lowest BCUT2D eigenvalue weighted by atomic mass is 10.1. The molecule has 4 nitrogen and oxygen atoms in total. The van der Waals surface area contributed by atoms with Crippen LogP contribution in [0, 0.1) is 12.8 Å². The zero-order valence-electron chi connectivity index (χ0n) is 12.2. The Bertz CT molecular complexity index is 595. The van der Waals surface area contributed by atoms with Crippen molar-refractivity contribution in [1.82, 2.24) is 4.72 Å². The molecule has 0 unspecified atom stereocenters. The zero-order valence-corrected chi connectivity index (χ0v) is 14.6. The van der Waals surface area contributed by atoms with Gasteiger partial charge in [0.15, 0.2) is 0 Å². The molecule has 118 valence electrons. The third kappa shape index (κ3) is 4.28. The highest BCUT2D eigenvalue weighted by Gasteiger charge is 2.21. The zero-order chi connectivity index (χ0) is 15.5. The molecule has 0 aromatic heterocycles. The average Bonchev–Trinajstić information content (AvgIpc) is 2.94. The highest BCUT2D eigenvalue weighted by Crippen LogP contribution is 2.29. The lowest BCUT2D eigenvalue weighted by Crippen LogP contribution is -2.26. The molecular formula is C15H22BrNO3S. The van der Waals surface area contributed by atoms with Gasteiger partial charge in [0.05, 0.1) is 11.5 Å². The number of halogens is 1. The normalized spacial score (nSPS) is 16.5. The number of aryl methyl sites for hydroxylation is 1. The highest BCUT2D eigenvalue weighted by molar-refractivity contribution is 9.10. The first-order valence-corrected chi connectivity index (χ1v) is 9.61. The fourth-order valence-corrected chi connectivity index (χ4v) is 4.98. The molecule has 21 heavy (non-hydrogen) atoms. The molecular weight excluding hydrogens is 354 g/mol. The molecule has 1 saturated carbocycles. The van der Waals surface area contributed by atoms with Gasteiger partial charge in [-0.2, -0.15) is 0 Å². The highest BCUT2D eigenvalue weighted by atomic mass is 79.9. The fourth-order valence-electron chi connectivity index (χ4n) is 2.87. The summed E-state index contributed by atoms with van der Waals surface area (Å²) in [5.41, 5.74) is 1.41. The number of sulfonamides is 1. The van der Waals surface area contributed by atoms with Crippen molar-refractivity contribution in [2.24, 2.45) is 5.92 Å². The molecule has 2 N–H and O–H groups in total.